The molecule has 3 nitrogen and oxygen atoms in total. The van der Waals surface area contributed by atoms with Crippen molar-refractivity contribution >= 4 is 9.84 Å². The van der Waals surface area contributed by atoms with Crippen molar-refractivity contribution in [2.24, 2.45) is 11.1 Å². The Morgan fingerprint density at radius 1 is 1.33 bits per heavy atom. The largest absolute Gasteiger partial charge is 0.327 e. The van der Waals surface area contributed by atoms with Crippen molar-refractivity contribution in [3.05, 3.63) is 29.8 Å². The van der Waals surface area contributed by atoms with E-state index in [4.69, 9.17) is 5.73 Å². The molecule has 0 radical (unpaired) electrons. The summed E-state index contributed by atoms with van der Waals surface area (Å²) in [5, 5.41) is 0. The first-order valence-corrected chi connectivity index (χ1v) is 8.24. The summed E-state index contributed by atoms with van der Waals surface area (Å²) in [5.41, 5.74) is 7.45. The third-order valence-electron chi connectivity index (χ3n) is 4.61. The molecule has 1 saturated carbocycles. The first kappa shape index (κ1) is 13.6. The summed E-state index contributed by atoms with van der Waals surface area (Å²) in [6, 6.07) is 7.51. The predicted molar refractivity (Wildman–Crippen MR) is 73.3 cm³/mol. The van der Waals surface area contributed by atoms with Crippen molar-refractivity contribution in [3.8, 4) is 0 Å². The van der Waals surface area contributed by atoms with Crippen LogP contribution in [0.25, 0.3) is 0 Å². The predicted octanol–water partition coefficient (Wildman–Crippen LogP) is 2.32. The molecule has 100 valence electrons. The zero-order chi connectivity index (χ0) is 13.6. The molecule has 1 aliphatic rings. The number of hydrogen-bond donors (Lipinski definition) is 1. The van der Waals surface area contributed by atoms with E-state index in [0.29, 0.717) is 10.8 Å². The Morgan fingerprint density at radius 2 is 1.89 bits per heavy atom. The lowest BCUT2D eigenvalue weighted by atomic mass is 9.54. The smallest absolute Gasteiger partial charge is 0.175 e. The summed E-state index contributed by atoms with van der Waals surface area (Å²) < 4.78 is 22.8. The Labute approximate surface area is 109 Å². The van der Waals surface area contributed by atoms with Crippen LogP contribution in [0, 0.1) is 5.41 Å². The second-order valence-electron chi connectivity index (χ2n) is 5.60. The molecule has 18 heavy (non-hydrogen) atoms. The van der Waals surface area contributed by atoms with Crippen LogP contribution < -0.4 is 5.73 Å². The molecule has 0 aromatic heterocycles. The van der Waals surface area contributed by atoms with Crippen LogP contribution in [0.3, 0.4) is 0 Å². The van der Waals surface area contributed by atoms with E-state index >= 15 is 0 Å². The minimum absolute atomic E-state index is 0.145. The topological polar surface area (TPSA) is 60.2 Å². The fourth-order valence-corrected chi connectivity index (χ4v) is 3.49. The molecule has 4 heteroatoms. The quantitative estimate of drug-likeness (QED) is 0.914. The lowest BCUT2D eigenvalue weighted by Gasteiger charge is -2.53. The Hall–Kier alpha value is -0.870. The summed E-state index contributed by atoms with van der Waals surface area (Å²) in [7, 11) is -3.10. The average molecular weight is 267 g/mol. The molecular formula is C14H21NO2S. The third kappa shape index (κ3) is 2.08. The Kier molecular flexibility index (Phi) is 3.28. The van der Waals surface area contributed by atoms with Crippen molar-refractivity contribution in [2.75, 3.05) is 6.26 Å². The summed E-state index contributed by atoms with van der Waals surface area (Å²) in [6.07, 6.45) is 3.27. The monoisotopic (exact) mass is 267 g/mol. The van der Waals surface area contributed by atoms with E-state index in [1.54, 1.807) is 12.1 Å². The van der Waals surface area contributed by atoms with Crippen LogP contribution >= 0.6 is 0 Å². The van der Waals surface area contributed by atoms with E-state index < -0.39 is 9.84 Å². The molecule has 0 amide bonds. The first-order chi connectivity index (χ1) is 8.29. The second-order valence-corrected chi connectivity index (χ2v) is 7.61. The van der Waals surface area contributed by atoms with Gasteiger partial charge in [0, 0.05) is 12.3 Å². The number of nitrogens with two attached hydrogens (primary N) is 1. The van der Waals surface area contributed by atoms with Crippen molar-refractivity contribution in [2.45, 2.75) is 43.5 Å². The average Bonchev–Trinajstić information content (AvgIpc) is 2.34. The van der Waals surface area contributed by atoms with Gasteiger partial charge in [0.1, 0.15) is 0 Å². The summed E-state index contributed by atoms with van der Waals surface area (Å²) in [6.45, 7) is 4.38. The van der Waals surface area contributed by atoms with Gasteiger partial charge in [0.05, 0.1) is 4.90 Å². The van der Waals surface area contributed by atoms with E-state index in [1.807, 2.05) is 12.1 Å². The normalized spacial score (nSPS) is 32.0. The highest BCUT2D eigenvalue weighted by molar-refractivity contribution is 7.90. The number of hydrogen-bond acceptors (Lipinski definition) is 3. The molecule has 1 aromatic rings. The van der Waals surface area contributed by atoms with Gasteiger partial charge in [-0.25, -0.2) is 8.42 Å². The summed E-state index contributed by atoms with van der Waals surface area (Å²) in [4.78, 5) is 0.382. The molecule has 0 saturated heterocycles. The summed E-state index contributed by atoms with van der Waals surface area (Å²) in [5.74, 6) is 0.450. The zero-order valence-electron chi connectivity index (χ0n) is 11.2. The molecule has 3 unspecified atom stereocenters. The van der Waals surface area contributed by atoms with Gasteiger partial charge < -0.3 is 5.73 Å². The molecular weight excluding hydrogens is 246 g/mol. The first-order valence-electron chi connectivity index (χ1n) is 6.34. The highest BCUT2D eigenvalue weighted by Gasteiger charge is 2.48. The Morgan fingerprint density at radius 3 is 2.28 bits per heavy atom. The Bertz CT molecular complexity index is 535. The van der Waals surface area contributed by atoms with Gasteiger partial charge >= 0.3 is 0 Å². The van der Waals surface area contributed by atoms with E-state index in [2.05, 4.69) is 13.8 Å². The maximum Gasteiger partial charge on any atom is 0.175 e. The molecule has 3 atom stereocenters. The van der Waals surface area contributed by atoms with Crippen LogP contribution in [0.5, 0.6) is 0 Å². The van der Waals surface area contributed by atoms with Crippen LogP contribution in [0.15, 0.2) is 29.2 Å². The molecule has 0 aliphatic heterocycles. The molecule has 0 spiro atoms. The Balaban J connectivity index is 2.27. The van der Waals surface area contributed by atoms with E-state index in [-0.39, 0.29) is 11.5 Å². The van der Waals surface area contributed by atoms with Crippen molar-refractivity contribution in [1.29, 1.82) is 0 Å². The van der Waals surface area contributed by atoms with Crippen LogP contribution in [0.1, 0.15) is 38.2 Å². The molecule has 1 aliphatic carbocycles. The lowest BCUT2D eigenvalue weighted by Crippen LogP contribution is -2.54. The van der Waals surface area contributed by atoms with Gasteiger partial charge in [-0.1, -0.05) is 26.0 Å². The van der Waals surface area contributed by atoms with Crippen LogP contribution in [-0.4, -0.2) is 20.7 Å². The zero-order valence-corrected chi connectivity index (χ0v) is 12.0. The molecule has 1 aromatic carbocycles. The van der Waals surface area contributed by atoms with E-state index in [1.165, 1.54) is 11.8 Å². The minimum atomic E-state index is -3.10. The van der Waals surface area contributed by atoms with E-state index in [9.17, 15) is 8.42 Å². The second kappa shape index (κ2) is 4.35. The molecule has 0 bridgehead atoms. The highest BCUT2D eigenvalue weighted by Crippen LogP contribution is 2.53. The fraction of sp³-hybridized carbons (Fsp3) is 0.571. The van der Waals surface area contributed by atoms with Crippen LogP contribution in [0.4, 0.5) is 0 Å². The van der Waals surface area contributed by atoms with Crippen molar-refractivity contribution in [1.82, 2.24) is 0 Å². The lowest BCUT2D eigenvalue weighted by molar-refractivity contribution is 0.0706. The molecule has 2 N–H and O–H groups in total. The van der Waals surface area contributed by atoms with Gasteiger partial charge in [-0.05, 0) is 41.9 Å². The van der Waals surface area contributed by atoms with Gasteiger partial charge in [-0.3, -0.25) is 0 Å². The third-order valence-corrected chi connectivity index (χ3v) is 5.73. The SMILES string of the molecule is CCC1(C)C(N)CC1c1ccc(S(C)(=O)=O)cc1. The van der Waals surface area contributed by atoms with Gasteiger partial charge in [0.2, 0.25) is 0 Å². The summed E-state index contributed by atoms with van der Waals surface area (Å²) >= 11 is 0. The fourth-order valence-electron chi connectivity index (χ4n) is 2.86. The number of sulfone groups is 1. The molecule has 2 rings (SSSR count). The van der Waals surface area contributed by atoms with Crippen molar-refractivity contribution in [3.63, 3.8) is 0 Å². The van der Waals surface area contributed by atoms with Gasteiger partial charge in [0.25, 0.3) is 0 Å². The van der Waals surface area contributed by atoms with Gasteiger partial charge in [-0.2, -0.15) is 0 Å². The number of benzene rings is 1. The van der Waals surface area contributed by atoms with Gasteiger partial charge in [0.15, 0.2) is 9.84 Å². The maximum absolute atomic E-state index is 11.4. The van der Waals surface area contributed by atoms with Crippen LogP contribution in [0.2, 0.25) is 0 Å². The standard InChI is InChI=1S/C14H21NO2S/c1-4-14(2)12(9-13(14)15)10-5-7-11(8-6-10)18(3,16)17/h5-8,12-13H,4,9,15H2,1-3H3. The maximum atomic E-state index is 11.4. The number of rotatable bonds is 3. The van der Waals surface area contributed by atoms with Crippen LogP contribution in [-0.2, 0) is 9.84 Å². The molecule has 1 fully saturated rings. The minimum Gasteiger partial charge on any atom is -0.327 e. The highest BCUT2D eigenvalue weighted by atomic mass is 32.2. The van der Waals surface area contributed by atoms with E-state index in [0.717, 1.165) is 12.8 Å². The van der Waals surface area contributed by atoms with Crippen molar-refractivity contribution < 1.29 is 8.42 Å². The van der Waals surface area contributed by atoms with Gasteiger partial charge in [-0.15, -0.1) is 0 Å². The molecule has 0 heterocycles.